The molecule has 0 saturated heterocycles. The molecule has 4 N–H and O–H groups in total. The molecule has 6 heteroatoms. The molecule has 2 amide bonds. The van der Waals surface area contributed by atoms with Crippen LogP contribution in [0.25, 0.3) is 0 Å². The normalized spacial score (nSPS) is 9.21. The van der Waals surface area contributed by atoms with Crippen LogP contribution in [0.3, 0.4) is 0 Å². The molecule has 1 aromatic rings. The van der Waals surface area contributed by atoms with Crippen molar-refractivity contribution in [3.63, 3.8) is 0 Å². The van der Waals surface area contributed by atoms with E-state index in [0.717, 1.165) is 0 Å². The zero-order valence-corrected chi connectivity index (χ0v) is 7.06. The van der Waals surface area contributed by atoms with Gasteiger partial charge in [-0.05, 0) is 12.1 Å². The summed E-state index contributed by atoms with van der Waals surface area (Å²) in [5.41, 5.74) is 5.07. The monoisotopic (exact) mass is 196 g/mol. The molecule has 0 spiro atoms. The Morgan fingerprint density at radius 2 is 2.00 bits per heavy atom. The van der Waals surface area contributed by atoms with Crippen molar-refractivity contribution in [3.05, 3.63) is 29.8 Å². The van der Waals surface area contributed by atoms with E-state index in [1.54, 1.807) is 12.1 Å². The molecule has 14 heavy (non-hydrogen) atoms. The Bertz CT molecular complexity index is 364. The summed E-state index contributed by atoms with van der Waals surface area (Å²) in [6.07, 6.45) is 0. The van der Waals surface area contributed by atoms with E-state index in [2.05, 4.69) is 10.2 Å². The van der Waals surface area contributed by atoms with Gasteiger partial charge in [0.25, 0.3) is 0 Å². The van der Waals surface area contributed by atoms with Gasteiger partial charge in [0.1, 0.15) is 0 Å². The van der Waals surface area contributed by atoms with Gasteiger partial charge in [0, 0.05) is 0 Å². The average Bonchev–Trinajstić information content (AvgIpc) is 2.16. The van der Waals surface area contributed by atoms with Crippen molar-refractivity contribution in [2.24, 2.45) is 5.73 Å². The number of rotatable bonds is 2. The van der Waals surface area contributed by atoms with E-state index in [1.807, 2.05) is 0 Å². The second-order valence-corrected chi connectivity index (χ2v) is 2.41. The van der Waals surface area contributed by atoms with Gasteiger partial charge in [-0.2, -0.15) is 5.26 Å². The Labute approximate surface area is 79.2 Å². The average molecular weight is 196 g/mol. The Balaban J connectivity index is 3.02. The molecular weight excluding hydrogens is 188 g/mol. The summed E-state index contributed by atoms with van der Waals surface area (Å²) in [5, 5.41) is 10.4. The number of nitrogens with one attached hydrogen (secondary N) is 1. The molecule has 74 valence electrons. The van der Waals surface area contributed by atoms with Gasteiger partial charge in [-0.1, -0.05) is 12.1 Å². The van der Waals surface area contributed by atoms with Gasteiger partial charge in [0.05, 0.1) is 11.3 Å². The number of hydrogen-bond acceptors (Lipinski definition) is 4. The van der Waals surface area contributed by atoms with Crippen molar-refractivity contribution < 1.29 is 19.7 Å². The Hall–Kier alpha value is -2.08. The predicted octanol–water partition coefficient (Wildman–Crippen LogP) is 0.807. The van der Waals surface area contributed by atoms with Crippen LogP contribution in [0.5, 0.6) is 0 Å². The summed E-state index contributed by atoms with van der Waals surface area (Å²) in [5.74, 6) is -0.964. The van der Waals surface area contributed by atoms with Crippen LogP contribution in [0.15, 0.2) is 24.3 Å². The highest BCUT2D eigenvalue weighted by atomic mass is 17.1. The van der Waals surface area contributed by atoms with Crippen LogP contribution in [0.2, 0.25) is 0 Å². The maximum atomic E-state index is 11.0. The van der Waals surface area contributed by atoms with E-state index >= 15 is 0 Å². The van der Waals surface area contributed by atoms with Gasteiger partial charge in [0.2, 0.25) is 0 Å². The number of benzene rings is 1. The van der Waals surface area contributed by atoms with Gasteiger partial charge < -0.3 is 11.1 Å². The molecule has 0 heterocycles. The summed E-state index contributed by atoms with van der Waals surface area (Å²) >= 11 is 0. The number of primary amides is 1. The third-order valence-electron chi connectivity index (χ3n) is 1.49. The van der Waals surface area contributed by atoms with E-state index in [9.17, 15) is 9.59 Å². The molecule has 0 unspecified atom stereocenters. The molecule has 0 aromatic heterocycles. The number of amides is 2. The molecule has 0 fully saturated rings. The third kappa shape index (κ3) is 2.20. The molecule has 0 radical (unpaired) electrons. The molecule has 0 bridgehead atoms. The van der Waals surface area contributed by atoms with Crippen molar-refractivity contribution in [1.82, 2.24) is 0 Å². The number of anilines is 1. The molecule has 0 atom stereocenters. The molecule has 6 nitrogen and oxygen atoms in total. The fourth-order valence-corrected chi connectivity index (χ4v) is 0.952. The molecule has 1 aromatic carbocycles. The standard InChI is InChI=1S/C8H8N2O4/c9-8(12)10-6-4-2-1-3-5(6)7(11)14-13/h1-4,13H,(H3,9,10,12). The molecule has 0 aliphatic heterocycles. The summed E-state index contributed by atoms with van der Waals surface area (Å²) in [4.78, 5) is 25.0. The van der Waals surface area contributed by atoms with Crippen LogP contribution in [0, 0.1) is 0 Å². The zero-order valence-electron chi connectivity index (χ0n) is 7.06. The fraction of sp³-hybridized carbons (Fsp3) is 0. The lowest BCUT2D eigenvalue weighted by atomic mass is 10.2. The summed E-state index contributed by atoms with van der Waals surface area (Å²) in [6, 6.07) is 5.18. The third-order valence-corrected chi connectivity index (χ3v) is 1.49. The summed E-state index contributed by atoms with van der Waals surface area (Å²) in [6.45, 7) is 0. The van der Waals surface area contributed by atoms with Gasteiger partial charge in [-0.3, -0.25) is 4.89 Å². The highest BCUT2D eigenvalue weighted by Crippen LogP contribution is 2.15. The van der Waals surface area contributed by atoms with Crippen molar-refractivity contribution >= 4 is 17.7 Å². The van der Waals surface area contributed by atoms with E-state index < -0.39 is 12.0 Å². The highest BCUT2D eigenvalue weighted by molar-refractivity contribution is 6.00. The molecule has 1 rings (SSSR count). The first-order chi connectivity index (χ1) is 6.65. The fourth-order valence-electron chi connectivity index (χ4n) is 0.952. The largest absolute Gasteiger partial charge is 0.374 e. The molecular formula is C8H8N2O4. The van der Waals surface area contributed by atoms with Gasteiger partial charge in [-0.25, -0.2) is 9.59 Å². The van der Waals surface area contributed by atoms with Crippen LogP contribution < -0.4 is 11.1 Å². The lowest BCUT2D eigenvalue weighted by molar-refractivity contribution is -0.182. The predicted molar refractivity (Wildman–Crippen MR) is 47.7 cm³/mol. The minimum absolute atomic E-state index is 0.0220. The van der Waals surface area contributed by atoms with Crippen LogP contribution >= 0.6 is 0 Å². The van der Waals surface area contributed by atoms with Crippen molar-refractivity contribution in [2.45, 2.75) is 0 Å². The first kappa shape index (κ1) is 10.0. The highest BCUT2D eigenvalue weighted by Gasteiger charge is 2.12. The van der Waals surface area contributed by atoms with Gasteiger partial charge in [0.15, 0.2) is 0 Å². The van der Waals surface area contributed by atoms with Gasteiger partial charge >= 0.3 is 12.0 Å². The lowest BCUT2D eigenvalue weighted by Gasteiger charge is -2.05. The van der Waals surface area contributed by atoms with Crippen LogP contribution in [-0.4, -0.2) is 17.3 Å². The molecule has 0 aliphatic rings. The number of hydrogen-bond donors (Lipinski definition) is 3. The van der Waals surface area contributed by atoms with Crippen LogP contribution in [0.1, 0.15) is 10.4 Å². The second-order valence-electron chi connectivity index (χ2n) is 2.41. The Morgan fingerprint density at radius 3 is 2.57 bits per heavy atom. The number of carbonyl (C=O) groups is 2. The SMILES string of the molecule is NC(=O)Nc1ccccc1C(=O)OO. The molecule has 0 saturated carbocycles. The van der Waals surface area contributed by atoms with Crippen molar-refractivity contribution in [3.8, 4) is 0 Å². The van der Waals surface area contributed by atoms with Crippen LogP contribution in [-0.2, 0) is 4.89 Å². The number of carbonyl (C=O) groups excluding carboxylic acids is 2. The maximum absolute atomic E-state index is 11.0. The smallest absolute Gasteiger partial charge is 0.351 e. The lowest BCUT2D eigenvalue weighted by Crippen LogP contribution is -2.21. The van der Waals surface area contributed by atoms with E-state index in [0.29, 0.717) is 0 Å². The van der Waals surface area contributed by atoms with E-state index in [1.165, 1.54) is 12.1 Å². The quantitative estimate of drug-likeness (QED) is 0.481. The minimum atomic E-state index is -0.964. The van der Waals surface area contributed by atoms with E-state index in [4.69, 9.17) is 11.0 Å². The Kier molecular flexibility index (Phi) is 3.03. The summed E-state index contributed by atoms with van der Waals surface area (Å²) in [7, 11) is 0. The number of para-hydroxylation sites is 1. The topological polar surface area (TPSA) is 102 Å². The second kappa shape index (κ2) is 4.24. The molecule has 0 aliphatic carbocycles. The Morgan fingerprint density at radius 1 is 1.36 bits per heavy atom. The zero-order chi connectivity index (χ0) is 10.6. The van der Waals surface area contributed by atoms with Gasteiger partial charge in [-0.15, -0.1) is 0 Å². The van der Waals surface area contributed by atoms with Crippen molar-refractivity contribution in [1.29, 1.82) is 0 Å². The summed E-state index contributed by atoms with van der Waals surface area (Å²) < 4.78 is 0. The first-order valence-corrected chi connectivity index (χ1v) is 3.66. The van der Waals surface area contributed by atoms with Crippen molar-refractivity contribution in [2.75, 3.05) is 5.32 Å². The number of urea groups is 1. The number of nitrogens with two attached hydrogens (primary N) is 1. The first-order valence-electron chi connectivity index (χ1n) is 3.66. The van der Waals surface area contributed by atoms with E-state index in [-0.39, 0.29) is 11.3 Å². The van der Waals surface area contributed by atoms with Crippen LogP contribution in [0.4, 0.5) is 10.5 Å². The minimum Gasteiger partial charge on any atom is -0.351 e. The maximum Gasteiger partial charge on any atom is 0.374 e.